The highest BCUT2D eigenvalue weighted by Gasteiger charge is 2.23. The maximum Gasteiger partial charge on any atom is 0.229 e. The number of nitrogens with two attached hydrogens (primary N) is 1. The van der Waals surface area contributed by atoms with Gasteiger partial charge in [0.05, 0.1) is 18.0 Å². The topological polar surface area (TPSA) is 81.4 Å². The average Bonchev–Trinajstić information content (AvgIpc) is 3.00. The summed E-state index contributed by atoms with van der Waals surface area (Å²) in [6.45, 7) is 0.279. The van der Waals surface area contributed by atoms with E-state index in [4.69, 9.17) is 10.5 Å². The second-order valence-electron chi connectivity index (χ2n) is 4.21. The van der Waals surface area contributed by atoms with Crippen molar-refractivity contribution >= 4 is 15.7 Å². The van der Waals surface area contributed by atoms with E-state index in [1.807, 2.05) is 6.07 Å². The van der Waals surface area contributed by atoms with Gasteiger partial charge in [-0.25, -0.2) is 8.42 Å². The van der Waals surface area contributed by atoms with Gasteiger partial charge >= 0.3 is 0 Å². The molecule has 0 atom stereocenters. The van der Waals surface area contributed by atoms with E-state index in [1.165, 1.54) is 0 Å². The van der Waals surface area contributed by atoms with Crippen LogP contribution in [0.1, 0.15) is 18.4 Å². The smallest absolute Gasteiger partial charge is 0.229 e. The van der Waals surface area contributed by atoms with Crippen molar-refractivity contribution in [1.29, 1.82) is 0 Å². The van der Waals surface area contributed by atoms with Gasteiger partial charge in [0.2, 0.25) is 10.0 Å². The molecular weight excluding hydrogens is 240 g/mol. The number of nitrogens with one attached hydrogen (secondary N) is 1. The number of sulfonamides is 1. The summed E-state index contributed by atoms with van der Waals surface area (Å²) in [4.78, 5) is 0. The van der Waals surface area contributed by atoms with Crippen molar-refractivity contribution in [3.05, 3.63) is 23.8 Å². The maximum absolute atomic E-state index is 11.2. The molecule has 1 aromatic carbocycles. The zero-order chi connectivity index (χ0) is 12.5. The number of benzene rings is 1. The van der Waals surface area contributed by atoms with Gasteiger partial charge in [0.25, 0.3) is 0 Å². The Morgan fingerprint density at radius 2 is 2.18 bits per heavy atom. The van der Waals surface area contributed by atoms with E-state index in [-0.39, 0.29) is 12.6 Å². The molecule has 0 bridgehead atoms. The fourth-order valence-electron chi connectivity index (χ4n) is 1.48. The molecule has 1 aliphatic rings. The van der Waals surface area contributed by atoms with Gasteiger partial charge in [0, 0.05) is 12.6 Å². The highest BCUT2D eigenvalue weighted by atomic mass is 32.2. The molecule has 0 heterocycles. The quantitative estimate of drug-likeness (QED) is 0.825. The van der Waals surface area contributed by atoms with Gasteiger partial charge in [-0.1, -0.05) is 6.07 Å². The molecule has 6 heteroatoms. The van der Waals surface area contributed by atoms with Gasteiger partial charge in [-0.05, 0) is 24.5 Å². The van der Waals surface area contributed by atoms with Gasteiger partial charge in [0.15, 0.2) is 0 Å². The Hall–Kier alpha value is -1.27. The van der Waals surface area contributed by atoms with Crippen LogP contribution in [0.4, 0.5) is 5.69 Å². The lowest BCUT2D eigenvalue weighted by Crippen LogP contribution is -2.13. The van der Waals surface area contributed by atoms with Gasteiger partial charge in [-0.3, -0.25) is 4.72 Å². The number of ether oxygens (including phenoxy) is 1. The van der Waals surface area contributed by atoms with E-state index >= 15 is 0 Å². The van der Waals surface area contributed by atoms with Crippen LogP contribution < -0.4 is 15.2 Å². The predicted octanol–water partition coefficient (Wildman–Crippen LogP) is 1.06. The molecular formula is C11H16N2O3S. The first-order valence-corrected chi connectivity index (χ1v) is 7.34. The van der Waals surface area contributed by atoms with Gasteiger partial charge in [0.1, 0.15) is 5.75 Å². The van der Waals surface area contributed by atoms with Gasteiger partial charge < -0.3 is 10.5 Å². The number of hydrogen-bond donors (Lipinski definition) is 2. The lowest BCUT2D eigenvalue weighted by atomic mass is 10.2. The normalized spacial score (nSPS) is 15.6. The van der Waals surface area contributed by atoms with Crippen molar-refractivity contribution in [2.75, 3.05) is 11.0 Å². The van der Waals surface area contributed by atoms with Crippen LogP contribution in [0, 0.1) is 0 Å². The molecule has 0 unspecified atom stereocenters. The molecule has 17 heavy (non-hydrogen) atoms. The van der Waals surface area contributed by atoms with Gasteiger partial charge in [-0.2, -0.15) is 0 Å². The first kappa shape index (κ1) is 12.2. The Bertz CT molecular complexity index is 509. The molecule has 0 spiro atoms. The largest absolute Gasteiger partial charge is 0.490 e. The predicted molar refractivity (Wildman–Crippen MR) is 66.4 cm³/mol. The Morgan fingerprint density at radius 1 is 1.47 bits per heavy atom. The van der Waals surface area contributed by atoms with E-state index in [0.29, 0.717) is 11.4 Å². The molecule has 2 rings (SSSR count). The second kappa shape index (κ2) is 4.54. The van der Waals surface area contributed by atoms with E-state index < -0.39 is 10.0 Å². The Labute approximate surface area is 101 Å². The van der Waals surface area contributed by atoms with Crippen molar-refractivity contribution in [2.24, 2.45) is 5.73 Å². The fraction of sp³-hybridized carbons (Fsp3) is 0.455. The molecule has 3 N–H and O–H groups in total. The first-order chi connectivity index (χ1) is 7.98. The van der Waals surface area contributed by atoms with E-state index in [2.05, 4.69) is 4.72 Å². The van der Waals surface area contributed by atoms with Crippen molar-refractivity contribution in [3.8, 4) is 5.75 Å². The number of anilines is 1. The standard InChI is InChI=1S/C11H16N2O3S/c1-17(14,15)13-11-6-10(16-9-4-5-9)3-2-8(11)7-12/h2-3,6,9,13H,4-5,7,12H2,1H3. The van der Waals surface area contributed by atoms with Crippen molar-refractivity contribution < 1.29 is 13.2 Å². The van der Waals surface area contributed by atoms with Crippen molar-refractivity contribution in [1.82, 2.24) is 0 Å². The summed E-state index contributed by atoms with van der Waals surface area (Å²) in [5.41, 5.74) is 6.80. The summed E-state index contributed by atoms with van der Waals surface area (Å²) in [6.07, 6.45) is 3.52. The Kier molecular flexibility index (Phi) is 3.26. The minimum atomic E-state index is -3.30. The fourth-order valence-corrected chi connectivity index (χ4v) is 2.07. The average molecular weight is 256 g/mol. The number of hydrogen-bond acceptors (Lipinski definition) is 4. The molecule has 0 amide bonds. The van der Waals surface area contributed by atoms with Crippen LogP contribution in [0.15, 0.2) is 18.2 Å². The summed E-state index contributed by atoms with van der Waals surface area (Å²) < 4.78 is 30.5. The zero-order valence-corrected chi connectivity index (χ0v) is 10.5. The van der Waals surface area contributed by atoms with Crippen LogP contribution in [0.2, 0.25) is 0 Å². The third-order valence-electron chi connectivity index (χ3n) is 2.42. The summed E-state index contributed by atoms with van der Waals surface area (Å²) in [5.74, 6) is 0.677. The molecule has 1 aliphatic carbocycles. The SMILES string of the molecule is CS(=O)(=O)Nc1cc(OC2CC2)ccc1CN. The molecule has 0 aromatic heterocycles. The molecule has 1 fully saturated rings. The van der Waals surface area contributed by atoms with Crippen molar-refractivity contribution in [3.63, 3.8) is 0 Å². The molecule has 5 nitrogen and oxygen atoms in total. The maximum atomic E-state index is 11.2. The molecule has 0 aliphatic heterocycles. The molecule has 94 valence electrons. The molecule has 0 saturated heterocycles. The monoisotopic (exact) mass is 256 g/mol. The lowest BCUT2D eigenvalue weighted by molar-refractivity contribution is 0.303. The first-order valence-electron chi connectivity index (χ1n) is 5.45. The minimum Gasteiger partial charge on any atom is -0.490 e. The van der Waals surface area contributed by atoms with E-state index in [0.717, 1.165) is 24.7 Å². The van der Waals surface area contributed by atoms with Crippen LogP contribution >= 0.6 is 0 Å². The van der Waals surface area contributed by atoms with E-state index in [9.17, 15) is 8.42 Å². The summed E-state index contributed by atoms with van der Waals surface area (Å²) >= 11 is 0. The second-order valence-corrected chi connectivity index (χ2v) is 5.96. The summed E-state index contributed by atoms with van der Waals surface area (Å²) in [6, 6.07) is 5.28. The molecule has 1 aromatic rings. The third kappa shape index (κ3) is 3.61. The van der Waals surface area contributed by atoms with Crippen LogP contribution in [0.3, 0.4) is 0 Å². The van der Waals surface area contributed by atoms with Crippen LogP contribution in [0.5, 0.6) is 5.75 Å². The molecule has 0 radical (unpaired) electrons. The molecule has 1 saturated carbocycles. The minimum absolute atomic E-state index is 0.279. The Morgan fingerprint density at radius 3 is 2.71 bits per heavy atom. The summed E-state index contributed by atoms with van der Waals surface area (Å²) in [7, 11) is -3.30. The zero-order valence-electron chi connectivity index (χ0n) is 9.64. The van der Waals surface area contributed by atoms with Crippen molar-refractivity contribution in [2.45, 2.75) is 25.5 Å². The third-order valence-corrected chi connectivity index (χ3v) is 3.01. The van der Waals surface area contributed by atoms with E-state index in [1.54, 1.807) is 12.1 Å². The van der Waals surface area contributed by atoms with Crippen LogP contribution in [-0.2, 0) is 16.6 Å². The Balaban J connectivity index is 2.24. The number of rotatable bonds is 5. The van der Waals surface area contributed by atoms with Crippen LogP contribution in [-0.4, -0.2) is 20.8 Å². The lowest BCUT2D eigenvalue weighted by Gasteiger charge is -2.12. The summed E-state index contributed by atoms with van der Waals surface area (Å²) in [5, 5.41) is 0. The highest BCUT2D eigenvalue weighted by molar-refractivity contribution is 7.92. The van der Waals surface area contributed by atoms with Crippen LogP contribution in [0.25, 0.3) is 0 Å². The van der Waals surface area contributed by atoms with Gasteiger partial charge in [-0.15, -0.1) is 0 Å². The highest BCUT2D eigenvalue weighted by Crippen LogP contribution is 2.29.